The SMILES string of the molecule is CCC[NH2+]OS. The van der Waals surface area contributed by atoms with Crippen LogP contribution in [0.2, 0.25) is 0 Å². The summed E-state index contributed by atoms with van der Waals surface area (Å²) in [4.78, 5) is 0. The molecule has 0 aliphatic rings. The first-order valence-corrected chi connectivity index (χ1v) is 2.40. The Labute approximate surface area is 43.5 Å². The van der Waals surface area contributed by atoms with Crippen molar-refractivity contribution < 1.29 is 9.76 Å². The molecule has 0 radical (unpaired) electrons. The fourth-order valence-corrected chi connectivity index (χ4v) is 0.276. The Kier molecular flexibility index (Phi) is 5.51. The van der Waals surface area contributed by atoms with Gasteiger partial charge in [-0.25, -0.2) is 0 Å². The number of nitrogens with two attached hydrogens (primary N) is 1. The number of hydroxylamine groups is 1. The molecule has 0 fully saturated rings. The molecule has 0 aliphatic carbocycles. The molecule has 0 aliphatic heterocycles. The van der Waals surface area contributed by atoms with Crippen LogP contribution in [-0.2, 0) is 4.28 Å². The van der Waals surface area contributed by atoms with Crippen molar-refractivity contribution in [3.05, 3.63) is 0 Å². The van der Waals surface area contributed by atoms with E-state index in [4.69, 9.17) is 0 Å². The molecular weight excluding hydrogens is 98.1 g/mol. The molecule has 0 heterocycles. The Morgan fingerprint density at radius 1 is 1.83 bits per heavy atom. The summed E-state index contributed by atoms with van der Waals surface area (Å²) in [5.74, 6) is 0. The molecule has 0 aromatic rings. The predicted molar refractivity (Wildman–Crippen MR) is 27.2 cm³/mol. The predicted octanol–water partition coefficient (Wildman–Crippen LogP) is -0.264. The minimum absolute atomic E-state index is 0.990. The van der Waals surface area contributed by atoms with E-state index in [-0.39, 0.29) is 0 Å². The molecule has 0 unspecified atom stereocenters. The summed E-state index contributed by atoms with van der Waals surface area (Å²) in [7, 11) is 0. The van der Waals surface area contributed by atoms with Crippen molar-refractivity contribution in [2.75, 3.05) is 6.54 Å². The number of hydrogen-bond donors (Lipinski definition) is 2. The zero-order valence-corrected chi connectivity index (χ0v) is 4.74. The van der Waals surface area contributed by atoms with Crippen molar-refractivity contribution in [3.8, 4) is 0 Å². The van der Waals surface area contributed by atoms with E-state index >= 15 is 0 Å². The van der Waals surface area contributed by atoms with E-state index in [1.807, 2.05) is 0 Å². The van der Waals surface area contributed by atoms with E-state index in [0.29, 0.717) is 0 Å². The van der Waals surface area contributed by atoms with Gasteiger partial charge in [0.25, 0.3) is 0 Å². The van der Waals surface area contributed by atoms with Crippen molar-refractivity contribution in [3.63, 3.8) is 0 Å². The largest absolute Gasteiger partial charge is 0.188 e. The van der Waals surface area contributed by atoms with Gasteiger partial charge in [0.1, 0.15) is 6.54 Å². The zero-order valence-electron chi connectivity index (χ0n) is 3.85. The molecule has 2 nitrogen and oxygen atoms in total. The molecule has 0 saturated carbocycles. The molecule has 0 rings (SSSR count). The molecule has 3 heteroatoms. The standard InChI is InChI=1S/C3H9NOS/c1-2-3-4-5-6/h4,6H,2-3H2,1H3/p+1. The van der Waals surface area contributed by atoms with Crippen LogP contribution in [0.15, 0.2) is 0 Å². The highest BCUT2D eigenvalue weighted by molar-refractivity contribution is 7.74. The third kappa shape index (κ3) is 4.27. The van der Waals surface area contributed by atoms with Crippen LogP contribution in [0.5, 0.6) is 0 Å². The van der Waals surface area contributed by atoms with Crippen LogP contribution in [0.4, 0.5) is 0 Å². The molecule has 2 N–H and O–H groups in total. The second-order valence-corrected chi connectivity index (χ2v) is 1.27. The van der Waals surface area contributed by atoms with Crippen LogP contribution in [0.25, 0.3) is 0 Å². The highest BCUT2D eigenvalue weighted by Gasteiger charge is 1.77. The average Bonchev–Trinajstić information content (AvgIpc) is 1.61. The number of thiol groups is 1. The summed E-state index contributed by atoms with van der Waals surface area (Å²) in [6.07, 6.45) is 1.13. The first kappa shape index (κ1) is 6.27. The Bertz CT molecular complexity index is 22.8. The van der Waals surface area contributed by atoms with Crippen LogP contribution in [0.3, 0.4) is 0 Å². The van der Waals surface area contributed by atoms with Gasteiger partial charge in [0.2, 0.25) is 0 Å². The summed E-state index contributed by atoms with van der Waals surface area (Å²) in [6.45, 7) is 3.08. The van der Waals surface area contributed by atoms with Gasteiger partial charge >= 0.3 is 0 Å². The molecule has 0 amide bonds. The fraction of sp³-hybridized carbons (Fsp3) is 1.00. The lowest BCUT2D eigenvalue weighted by Crippen LogP contribution is -2.81. The second-order valence-electron chi connectivity index (χ2n) is 1.06. The van der Waals surface area contributed by atoms with Crippen molar-refractivity contribution >= 4 is 12.9 Å². The maximum Gasteiger partial charge on any atom is 0.106 e. The Morgan fingerprint density at radius 2 is 2.50 bits per heavy atom. The Morgan fingerprint density at radius 3 is 2.67 bits per heavy atom. The van der Waals surface area contributed by atoms with Crippen LogP contribution >= 0.6 is 12.9 Å². The third-order valence-electron chi connectivity index (χ3n) is 0.481. The van der Waals surface area contributed by atoms with Gasteiger partial charge in [-0.1, -0.05) is 6.92 Å². The van der Waals surface area contributed by atoms with Crippen LogP contribution < -0.4 is 5.48 Å². The summed E-state index contributed by atoms with van der Waals surface area (Å²) in [6, 6.07) is 0. The smallest absolute Gasteiger partial charge is 0.106 e. The maximum atomic E-state index is 4.35. The number of rotatable bonds is 3. The molecule has 38 valence electrons. The van der Waals surface area contributed by atoms with Gasteiger partial charge in [-0.3, -0.25) is 0 Å². The molecule has 0 bridgehead atoms. The molecule has 0 aromatic heterocycles. The van der Waals surface area contributed by atoms with E-state index in [9.17, 15) is 0 Å². The summed E-state index contributed by atoms with van der Waals surface area (Å²) in [5.41, 5.74) is 1.67. The van der Waals surface area contributed by atoms with E-state index in [2.05, 4.69) is 24.1 Å². The minimum atomic E-state index is 0.990. The molecule has 0 spiro atoms. The maximum absolute atomic E-state index is 4.35. The van der Waals surface area contributed by atoms with Gasteiger partial charge in [-0.05, 0) is 6.42 Å². The van der Waals surface area contributed by atoms with Gasteiger partial charge in [0, 0.05) is 12.9 Å². The minimum Gasteiger partial charge on any atom is -0.188 e. The van der Waals surface area contributed by atoms with E-state index in [1.54, 1.807) is 5.48 Å². The third-order valence-corrected chi connectivity index (χ3v) is 0.630. The van der Waals surface area contributed by atoms with Crippen LogP contribution in [0, 0.1) is 0 Å². The lowest BCUT2D eigenvalue weighted by atomic mass is 10.5. The van der Waals surface area contributed by atoms with Gasteiger partial charge in [0.05, 0.1) is 0 Å². The zero-order chi connectivity index (χ0) is 4.83. The molecule has 0 atom stereocenters. The molecule has 0 aromatic carbocycles. The van der Waals surface area contributed by atoms with Crippen molar-refractivity contribution in [2.45, 2.75) is 13.3 Å². The van der Waals surface area contributed by atoms with E-state index in [1.165, 1.54) is 0 Å². The number of quaternary nitrogens is 1. The molecule has 0 saturated heterocycles. The van der Waals surface area contributed by atoms with Gasteiger partial charge in [-0.15, -0.1) is 4.28 Å². The Hall–Kier alpha value is 0.270. The quantitative estimate of drug-likeness (QED) is 0.221. The van der Waals surface area contributed by atoms with Crippen LogP contribution in [-0.4, -0.2) is 6.54 Å². The normalized spacial score (nSPS) is 9.00. The lowest BCUT2D eigenvalue weighted by Gasteiger charge is -1.86. The van der Waals surface area contributed by atoms with E-state index < -0.39 is 0 Å². The Balaban J connectivity index is 2.34. The summed E-state index contributed by atoms with van der Waals surface area (Å²) >= 11 is 3.50. The summed E-state index contributed by atoms with van der Waals surface area (Å²) in [5, 5.41) is 0. The first-order chi connectivity index (χ1) is 2.91. The van der Waals surface area contributed by atoms with Gasteiger partial charge in [-0.2, -0.15) is 5.48 Å². The molecule has 6 heavy (non-hydrogen) atoms. The second kappa shape index (κ2) is 5.27. The van der Waals surface area contributed by atoms with Crippen LogP contribution in [0.1, 0.15) is 13.3 Å². The highest BCUT2D eigenvalue weighted by Crippen LogP contribution is 1.61. The van der Waals surface area contributed by atoms with Crippen molar-refractivity contribution in [1.29, 1.82) is 0 Å². The number of hydrogen-bond acceptors (Lipinski definition) is 2. The lowest BCUT2D eigenvalue weighted by molar-refractivity contribution is -0.854. The van der Waals surface area contributed by atoms with Gasteiger partial charge in [0.15, 0.2) is 0 Å². The van der Waals surface area contributed by atoms with Crippen molar-refractivity contribution in [1.82, 2.24) is 0 Å². The summed E-state index contributed by atoms with van der Waals surface area (Å²) < 4.78 is 4.35. The van der Waals surface area contributed by atoms with Crippen molar-refractivity contribution in [2.24, 2.45) is 0 Å². The highest BCUT2D eigenvalue weighted by atomic mass is 32.1. The molecular formula is C3H10NOS+. The first-order valence-electron chi connectivity index (χ1n) is 2.03. The average molecular weight is 108 g/mol. The topological polar surface area (TPSA) is 25.8 Å². The monoisotopic (exact) mass is 108 g/mol. The fourth-order valence-electron chi connectivity index (χ4n) is 0.171. The van der Waals surface area contributed by atoms with Gasteiger partial charge < -0.3 is 0 Å². The van der Waals surface area contributed by atoms with E-state index in [0.717, 1.165) is 13.0 Å².